The Kier molecular flexibility index (Phi) is 3.10. The molecule has 1 fully saturated rings. The maximum absolute atomic E-state index is 4.27. The number of imidazole rings is 1. The van der Waals surface area contributed by atoms with Crippen molar-refractivity contribution < 1.29 is 0 Å². The van der Waals surface area contributed by atoms with Crippen molar-refractivity contribution in [1.29, 1.82) is 0 Å². The summed E-state index contributed by atoms with van der Waals surface area (Å²) >= 11 is 0. The van der Waals surface area contributed by atoms with Crippen molar-refractivity contribution in [3.8, 4) is 0 Å². The van der Waals surface area contributed by atoms with Gasteiger partial charge in [0.2, 0.25) is 0 Å². The molecule has 96 valence electrons. The molecular weight excluding hydrogens is 228 g/mol. The molecule has 18 heavy (non-hydrogen) atoms. The lowest BCUT2D eigenvalue weighted by molar-refractivity contribution is 0.606. The summed E-state index contributed by atoms with van der Waals surface area (Å²) in [5.74, 6) is 1.88. The number of nitrogens with one attached hydrogen (secondary N) is 1. The van der Waals surface area contributed by atoms with Gasteiger partial charge in [-0.15, -0.1) is 5.10 Å². The van der Waals surface area contributed by atoms with Gasteiger partial charge in [-0.25, -0.2) is 9.67 Å². The summed E-state index contributed by atoms with van der Waals surface area (Å²) in [6, 6.07) is 0. The Bertz CT molecular complexity index is 510. The molecule has 2 aromatic heterocycles. The Hall–Kier alpha value is -1.69. The first-order valence-electron chi connectivity index (χ1n) is 6.37. The van der Waals surface area contributed by atoms with Gasteiger partial charge in [0.1, 0.15) is 12.4 Å². The van der Waals surface area contributed by atoms with Crippen LogP contribution in [0.4, 0.5) is 0 Å². The van der Waals surface area contributed by atoms with Crippen LogP contribution in [-0.4, -0.2) is 31.1 Å². The summed E-state index contributed by atoms with van der Waals surface area (Å²) in [6.45, 7) is 2.57. The van der Waals surface area contributed by atoms with Crippen LogP contribution in [-0.2, 0) is 20.1 Å². The Balaban J connectivity index is 1.53. The highest BCUT2D eigenvalue weighted by atomic mass is 15.4. The molecule has 6 heteroatoms. The first-order chi connectivity index (χ1) is 8.81. The molecule has 1 N–H and O–H groups in total. The summed E-state index contributed by atoms with van der Waals surface area (Å²) in [6.07, 6.45) is 8.46. The van der Waals surface area contributed by atoms with Crippen molar-refractivity contribution in [3.63, 3.8) is 0 Å². The fourth-order valence-corrected chi connectivity index (χ4v) is 1.92. The molecule has 1 aliphatic carbocycles. The zero-order valence-corrected chi connectivity index (χ0v) is 10.6. The Morgan fingerprint density at radius 3 is 3.06 bits per heavy atom. The van der Waals surface area contributed by atoms with Crippen LogP contribution in [0.25, 0.3) is 0 Å². The monoisotopic (exact) mass is 246 g/mol. The van der Waals surface area contributed by atoms with Crippen molar-refractivity contribution >= 4 is 0 Å². The van der Waals surface area contributed by atoms with Crippen LogP contribution < -0.4 is 5.32 Å². The van der Waals surface area contributed by atoms with Crippen molar-refractivity contribution in [2.45, 2.75) is 25.9 Å². The quantitative estimate of drug-likeness (QED) is 0.809. The van der Waals surface area contributed by atoms with Gasteiger partial charge in [0.25, 0.3) is 0 Å². The van der Waals surface area contributed by atoms with Gasteiger partial charge in [0, 0.05) is 26.0 Å². The van der Waals surface area contributed by atoms with E-state index in [1.165, 1.54) is 12.8 Å². The molecular formula is C12H18N6. The minimum absolute atomic E-state index is 0.666. The normalized spacial score (nSPS) is 15.2. The Morgan fingerprint density at radius 1 is 1.44 bits per heavy atom. The summed E-state index contributed by atoms with van der Waals surface area (Å²) in [4.78, 5) is 4.27. The fourth-order valence-electron chi connectivity index (χ4n) is 1.92. The van der Waals surface area contributed by atoms with Gasteiger partial charge in [0.15, 0.2) is 0 Å². The smallest absolute Gasteiger partial charge is 0.130 e. The zero-order valence-electron chi connectivity index (χ0n) is 10.6. The van der Waals surface area contributed by atoms with Crippen LogP contribution in [0.3, 0.4) is 0 Å². The van der Waals surface area contributed by atoms with Gasteiger partial charge < -0.3 is 9.88 Å². The van der Waals surface area contributed by atoms with Gasteiger partial charge in [-0.2, -0.15) is 0 Å². The number of rotatable bonds is 6. The minimum Gasteiger partial charge on any atom is -0.336 e. The van der Waals surface area contributed by atoms with E-state index in [-0.39, 0.29) is 0 Å². The van der Waals surface area contributed by atoms with Crippen LogP contribution in [0.5, 0.6) is 0 Å². The number of hydrogen-bond acceptors (Lipinski definition) is 4. The van der Waals surface area contributed by atoms with E-state index < -0.39 is 0 Å². The lowest BCUT2D eigenvalue weighted by Crippen LogP contribution is -2.16. The van der Waals surface area contributed by atoms with Crippen LogP contribution in [0.2, 0.25) is 0 Å². The number of aryl methyl sites for hydroxylation is 1. The first-order valence-corrected chi connectivity index (χ1v) is 6.37. The highest BCUT2D eigenvalue weighted by Crippen LogP contribution is 2.27. The van der Waals surface area contributed by atoms with E-state index in [1.54, 1.807) is 6.20 Å². The second kappa shape index (κ2) is 4.89. The molecule has 0 saturated heterocycles. The van der Waals surface area contributed by atoms with Gasteiger partial charge in [-0.05, 0) is 25.3 Å². The van der Waals surface area contributed by atoms with E-state index in [9.17, 15) is 0 Å². The second-order valence-electron chi connectivity index (χ2n) is 4.94. The molecule has 0 atom stereocenters. The number of nitrogens with zero attached hydrogens (tertiary/aromatic N) is 5. The lowest BCUT2D eigenvalue weighted by atomic mass is 10.4. The molecule has 0 aromatic carbocycles. The van der Waals surface area contributed by atoms with Crippen molar-refractivity contribution in [3.05, 3.63) is 30.1 Å². The van der Waals surface area contributed by atoms with Gasteiger partial charge >= 0.3 is 0 Å². The molecule has 1 aliphatic rings. The summed E-state index contributed by atoms with van der Waals surface area (Å²) < 4.78 is 3.82. The first kappa shape index (κ1) is 11.4. The van der Waals surface area contributed by atoms with Gasteiger partial charge in [0.05, 0.1) is 11.9 Å². The third-order valence-corrected chi connectivity index (χ3v) is 3.25. The van der Waals surface area contributed by atoms with Crippen molar-refractivity contribution in [2.24, 2.45) is 13.0 Å². The van der Waals surface area contributed by atoms with Gasteiger partial charge in [-0.1, -0.05) is 5.21 Å². The third-order valence-electron chi connectivity index (χ3n) is 3.25. The molecule has 2 aromatic rings. The number of aromatic nitrogens is 5. The summed E-state index contributed by atoms with van der Waals surface area (Å²) in [5.41, 5.74) is 0.991. The predicted octanol–water partition coefficient (Wildman–Crippen LogP) is 0.559. The van der Waals surface area contributed by atoms with E-state index in [4.69, 9.17) is 0 Å². The topological polar surface area (TPSA) is 60.6 Å². The average Bonchev–Trinajstić information content (AvgIpc) is 2.93. The van der Waals surface area contributed by atoms with Crippen LogP contribution in [0.15, 0.2) is 18.6 Å². The molecule has 0 bridgehead atoms. The Labute approximate surface area is 106 Å². The van der Waals surface area contributed by atoms with Crippen LogP contribution in [0, 0.1) is 5.92 Å². The molecule has 6 nitrogen and oxygen atoms in total. The van der Waals surface area contributed by atoms with Crippen molar-refractivity contribution in [2.75, 3.05) is 6.54 Å². The van der Waals surface area contributed by atoms with E-state index in [2.05, 4.69) is 20.6 Å². The van der Waals surface area contributed by atoms with Crippen molar-refractivity contribution in [1.82, 2.24) is 29.9 Å². The SMILES string of the molecule is Cn1ccnc1Cn1cc(CNCC2CC2)nn1. The zero-order chi connectivity index (χ0) is 12.4. The van der Waals surface area contributed by atoms with E-state index in [0.717, 1.165) is 30.5 Å². The predicted molar refractivity (Wildman–Crippen MR) is 66.8 cm³/mol. The molecule has 0 amide bonds. The maximum Gasteiger partial charge on any atom is 0.130 e. The van der Waals surface area contributed by atoms with Crippen LogP contribution in [0.1, 0.15) is 24.4 Å². The third kappa shape index (κ3) is 2.76. The van der Waals surface area contributed by atoms with Gasteiger partial charge in [-0.3, -0.25) is 0 Å². The second-order valence-corrected chi connectivity index (χ2v) is 4.94. The minimum atomic E-state index is 0.666. The molecule has 1 saturated carbocycles. The fraction of sp³-hybridized carbons (Fsp3) is 0.583. The van der Waals surface area contributed by atoms with Crippen LogP contribution >= 0.6 is 0 Å². The highest BCUT2D eigenvalue weighted by Gasteiger charge is 2.20. The maximum atomic E-state index is 4.27. The molecule has 0 radical (unpaired) electrons. The highest BCUT2D eigenvalue weighted by molar-refractivity contribution is 4.96. The Morgan fingerprint density at radius 2 is 2.33 bits per heavy atom. The lowest BCUT2D eigenvalue weighted by Gasteiger charge is -2.00. The van der Waals surface area contributed by atoms with E-state index in [1.807, 2.05) is 28.7 Å². The van der Waals surface area contributed by atoms with E-state index in [0.29, 0.717) is 6.54 Å². The molecule has 2 heterocycles. The standard InChI is InChI=1S/C12H18N6/c1-17-5-4-14-12(17)9-18-8-11(15-16-18)7-13-6-10-2-3-10/h4-5,8,10,13H,2-3,6-7,9H2,1H3. The summed E-state index contributed by atoms with van der Waals surface area (Å²) in [7, 11) is 1.98. The molecule has 3 rings (SSSR count). The largest absolute Gasteiger partial charge is 0.336 e. The average molecular weight is 246 g/mol. The molecule has 0 spiro atoms. The molecule has 0 aliphatic heterocycles. The summed E-state index contributed by atoms with van der Waals surface area (Å²) in [5, 5.41) is 11.7. The molecule has 0 unspecified atom stereocenters. The number of hydrogen-bond donors (Lipinski definition) is 1. The van der Waals surface area contributed by atoms with E-state index >= 15 is 0 Å².